The number of amides is 1. The van der Waals surface area contributed by atoms with Crippen molar-refractivity contribution < 1.29 is 27.1 Å². The van der Waals surface area contributed by atoms with E-state index in [9.17, 15) is 22.4 Å². The second-order valence-electron chi connectivity index (χ2n) is 5.97. The Morgan fingerprint density at radius 2 is 1.93 bits per heavy atom. The Balaban J connectivity index is 1.95. The molecule has 0 bridgehead atoms. The van der Waals surface area contributed by atoms with Gasteiger partial charge in [0.1, 0.15) is 34.9 Å². The molecule has 0 fully saturated rings. The summed E-state index contributed by atoms with van der Waals surface area (Å²) in [4.78, 5) is 17.0. The van der Waals surface area contributed by atoms with Crippen molar-refractivity contribution in [2.75, 3.05) is 13.6 Å². The first kappa shape index (κ1) is 19.9. The number of rotatable bonds is 4. The molecule has 0 saturated carbocycles. The Hall–Kier alpha value is -2.87. The summed E-state index contributed by atoms with van der Waals surface area (Å²) in [7, 11) is 1.02. The first-order valence-electron chi connectivity index (χ1n) is 7.98. The highest BCUT2D eigenvalue weighted by atomic mass is 35.5. The van der Waals surface area contributed by atoms with Crippen LogP contribution in [0.5, 0.6) is 11.5 Å². The van der Waals surface area contributed by atoms with Gasteiger partial charge in [0.15, 0.2) is 0 Å². The largest absolute Gasteiger partial charge is 0.455 e. The Morgan fingerprint density at radius 1 is 1.21 bits per heavy atom. The molecule has 0 aliphatic rings. The highest BCUT2D eigenvalue weighted by molar-refractivity contribution is 6.34. The minimum Gasteiger partial charge on any atom is -0.455 e. The highest BCUT2D eigenvalue weighted by Crippen LogP contribution is 2.33. The lowest BCUT2D eigenvalue weighted by Crippen LogP contribution is -2.36. The van der Waals surface area contributed by atoms with Gasteiger partial charge in [0.05, 0.1) is 11.2 Å². The lowest BCUT2D eigenvalue weighted by atomic mass is 10.1. The molecule has 3 aromatic rings. The van der Waals surface area contributed by atoms with Crippen LogP contribution in [0.4, 0.5) is 17.6 Å². The molecule has 0 spiro atoms. The summed E-state index contributed by atoms with van der Waals surface area (Å²) in [6, 6.07) is 10.2. The molecule has 0 atom stereocenters. The third kappa shape index (κ3) is 4.33. The standard InChI is InChI=1S/C19H13ClF4N2O2/c1-26(10-19(22,23)24)18(27)16-13(20)5-3-7-15(16)28-12-8-11-4-2-6-14(21)17(11)25-9-12/h2-9H,10H2,1H3. The smallest absolute Gasteiger partial charge is 0.406 e. The Labute approximate surface area is 162 Å². The zero-order valence-corrected chi connectivity index (χ0v) is 15.2. The zero-order valence-electron chi connectivity index (χ0n) is 14.4. The normalized spacial score (nSPS) is 11.5. The maximum atomic E-state index is 13.7. The minimum absolute atomic E-state index is 0.0379. The number of nitrogens with zero attached hydrogens (tertiary/aromatic N) is 2. The topological polar surface area (TPSA) is 42.4 Å². The maximum Gasteiger partial charge on any atom is 0.406 e. The summed E-state index contributed by atoms with van der Waals surface area (Å²) in [5, 5.41) is 0.401. The van der Waals surface area contributed by atoms with Crippen molar-refractivity contribution in [2.45, 2.75) is 6.18 Å². The molecule has 1 heterocycles. The van der Waals surface area contributed by atoms with E-state index in [4.69, 9.17) is 16.3 Å². The molecule has 28 heavy (non-hydrogen) atoms. The minimum atomic E-state index is -4.56. The number of aromatic nitrogens is 1. The molecular formula is C19H13ClF4N2O2. The summed E-state index contributed by atoms with van der Waals surface area (Å²) < 4.78 is 57.2. The van der Waals surface area contributed by atoms with Gasteiger partial charge in [0, 0.05) is 12.4 Å². The zero-order chi connectivity index (χ0) is 20.5. The Bertz CT molecular complexity index is 1040. The lowest BCUT2D eigenvalue weighted by Gasteiger charge is -2.21. The van der Waals surface area contributed by atoms with Crippen molar-refractivity contribution in [3.05, 3.63) is 65.1 Å². The molecule has 1 amide bonds. The van der Waals surface area contributed by atoms with Gasteiger partial charge in [-0.3, -0.25) is 4.79 Å². The first-order chi connectivity index (χ1) is 13.2. The number of alkyl halides is 3. The number of ether oxygens (including phenoxy) is 1. The summed E-state index contributed by atoms with van der Waals surface area (Å²) >= 11 is 6.05. The van der Waals surface area contributed by atoms with Crippen LogP contribution in [0, 0.1) is 5.82 Å². The molecule has 0 aliphatic heterocycles. The van der Waals surface area contributed by atoms with E-state index in [1.807, 2.05) is 0 Å². The number of halogens is 5. The number of pyridine rings is 1. The molecule has 2 aromatic carbocycles. The van der Waals surface area contributed by atoms with E-state index >= 15 is 0 Å². The third-order valence-electron chi connectivity index (χ3n) is 3.82. The molecule has 9 heteroatoms. The van der Waals surface area contributed by atoms with Crippen molar-refractivity contribution in [2.24, 2.45) is 0 Å². The summed E-state index contributed by atoms with van der Waals surface area (Å²) in [5.74, 6) is -1.31. The maximum absolute atomic E-state index is 13.7. The van der Waals surface area contributed by atoms with Crippen LogP contribution >= 0.6 is 11.6 Å². The van der Waals surface area contributed by atoms with Crippen molar-refractivity contribution >= 4 is 28.4 Å². The molecule has 0 unspecified atom stereocenters. The molecule has 146 valence electrons. The fourth-order valence-corrected chi connectivity index (χ4v) is 2.86. The monoisotopic (exact) mass is 412 g/mol. The number of hydrogen-bond acceptors (Lipinski definition) is 3. The van der Waals surface area contributed by atoms with Crippen molar-refractivity contribution in [3.63, 3.8) is 0 Å². The van der Waals surface area contributed by atoms with Gasteiger partial charge in [0.25, 0.3) is 5.91 Å². The summed E-state index contributed by atoms with van der Waals surface area (Å²) in [5.41, 5.74) is -0.0718. The lowest BCUT2D eigenvalue weighted by molar-refractivity contribution is -0.138. The van der Waals surface area contributed by atoms with Crippen LogP contribution in [0.3, 0.4) is 0 Å². The molecule has 0 N–H and O–H groups in total. The van der Waals surface area contributed by atoms with Gasteiger partial charge in [-0.15, -0.1) is 0 Å². The third-order valence-corrected chi connectivity index (χ3v) is 4.13. The van der Waals surface area contributed by atoms with Crippen molar-refractivity contribution in [1.29, 1.82) is 0 Å². The average Bonchev–Trinajstić information content (AvgIpc) is 2.60. The number of benzene rings is 2. The molecule has 0 aliphatic carbocycles. The van der Waals surface area contributed by atoms with Crippen LogP contribution in [0.2, 0.25) is 5.02 Å². The average molecular weight is 413 g/mol. The van der Waals surface area contributed by atoms with E-state index in [1.165, 1.54) is 42.6 Å². The fourth-order valence-electron chi connectivity index (χ4n) is 2.61. The van der Waals surface area contributed by atoms with Crippen LogP contribution in [0.25, 0.3) is 10.9 Å². The molecule has 0 radical (unpaired) electrons. The second-order valence-corrected chi connectivity index (χ2v) is 6.38. The number of para-hydroxylation sites is 1. The van der Waals surface area contributed by atoms with Gasteiger partial charge in [-0.25, -0.2) is 9.37 Å². The fraction of sp³-hybridized carbons (Fsp3) is 0.158. The van der Waals surface area contributed by atoms with Gasteiger partial charge < -0.3 is 9.64 Å². The van der Waals surface area contributed by atoms with E-state index in [0.717, 1.165) is 7.05 Å². The van der Waals surface area contributed by atoms with Crippen molar-refractivity contribution in [3.8, 4) is 11.5 Å². The van der Waals surface area contributed by atoms with E-state index in [1.54, 1.807) is 6.07 Å². The van der Waals surface area contributed by atoms with E-state index in [2.05, 4.69) is 4.98 Å². The highest BCUT2D eigenvalue weighted by Gasteiger charge is 2.33. The predicted octanol–water partition coefficient (Wildman–Crippen LogP) is 5.45. The molecule has 1 aromatic heterocycles. The summed E-state index contributed by atoms with van der Waals surface area (Å²) in [6.07, 6.45) is -3.31. The summed E-state index contributed by atoms with van der Waals surface area (Å²) in [6.45, 7) is -1.44. The van der Waals surface area contributed by atoms with Crippen LogP contribution in [0.15, 0.2) is 48.7 Å². The molecular weight excluding hydrogens is 400 g/mol. The second kappa shape index (κ2) is 7.63. The molecule has 4 nitrogen and oxygen atoms in total. The van der Waals surface area contributed by atoms with Gasteiger partial charge in [-0.05, 0) is 24.3 Å². The van der Waals surface area contributed by atoms with Crippen LogP contribution < -0.4 is 4.74 Å². The van der Waals surface area contributed by atoms with Gasteiger partial charge in [-0.2, -0.15) is 13.2 Å². The van der Waals surface area contributed by atoms with Crippen molar-refractivity contribution in [1.82, 2.24) is 9.88 Å². The SMILES string of the molecule is CN(CC(F)(F)F)C(=O)c1c(Cl)cccc1Oc1cnc2c(F)cccc2c1. The van der Waals surface area contributed by atoms with E-state index in [-0.39, 0.29) is 27.6 Å². The number of carbonyl (C=O) groups excluding carboxylic acids is 1. The quantitative estimate of drug-likeness (QED) is 0.535. The van der Waals surface area contributed by atoms with E-state index < -0.39 is 24.4 Å². The first-order valence-corrected chi connectivity index (χ1v) is 8.36. The number of hydrogen-bond donors (Lipinski definition) is 0. The van der Waals surface area contributed by atoms with Gasteiger partial charge in [-0.1, -0.05) is 29.8 Å². The Kier molecular flexibility index (Phi) is 5.42. The van der Waals surface area contributed by atoms with Crippen LogP contribution in [-0.2, 0) is 0 Å². The number of fused-ring (bicyclic) bond motifs is 1. The number of carbonyl (C=O) groups is 1. The van der Waals surface area contributed by atoms with E-state index in [0.29, 0.717) is 10.3 Å². The molecule has 0 saturated heterocycles. The Morgan fingerprint density at radius 3 is 2.64 bits per heavy atom. The van der Waals surface area contributed by atoms with Gasteiger partial charge >= 0.3 is 6.18 Å². The molecule has 3 rings (SSSR count). The van der Waals surface area contributed by atoms with Gasteiger partial charge in [0.2, 0.25) is 0 Å². The van der Waals surface area contributed by atoms with Crippen LogP contribution in [-0.4, -0.2) is 35.6 Å². The predicted molar refractivity (Wildman–Crippen MR) is 96.2 cm³/mol. The van der Waals surface area contributed by atoms with Crippen LogP contribution in [0.1, 0.15) is 10.4 Å².